The first-order valence-electron chi connectivity index (χ1n) is 5.70. The van der Waals surface area contributed by atoms with Gasteiger partial charge in [-0.3, -0.25) is 4.79 Å². The molecule has 0 radical (unpaired) electrons. The maximum atomic E-state index is 12.1. The van der Waals surface area contributed by atoms with Crippen molar-refractivity contribution in [2.75, 3.05) is 13.6 Å². The summed E-state index contributed by atoms with van der Waals surface area (Å²) in [7, 11) is -2.17. The number of nitrogens with two attached hydrogens (primary N) is 1. The Bertz CT molecular complexity index is 585. The van der Waals surface area contributed by atoms with Crippen LogP contribution in [-0.4, -0.2) is 32.8 Å². The van der Waals surface area contributed by atoms with Gasteiger partial charge in [0.15, 0.2) is 0 Å². The highest BCUT2D eigenvalue weighted by Crippen LogP contribution is 2.22. The normalized spacial score (nSPS) is 11.7. The van der Waals surface area contributed by atoms with Crippen LogP contribution in [0.15, 0.2) is 27.6 Å². The Morgan fingerprint density at radius 1 is 1.42 bits per heavy atom. The van der Waals surface area contributed by atoms with E-state index in [0.717, 1.165) is 0 Å². The molecular formula is C12H17BrN2O3S. The topological polar surface area (TPSA) is 80.5 Å². The molecule has 0 aliphatic heterocycles. The van der Waals surface area contributed by atoms with Crippen molar-refractivity contribution in [2.24, 2.45) is 11.1 Å². The van der Waals surface area contributed by atoms with Gasteiger partial charge in [-0.15, -0.1) is 0 Å². The molecule has 7 heteroatoms. The van der Waals surface area contributed by atoms with Crippen molar-refractivity contribution in [3.05, 3.63) is 28.2 Å². The van der Waals surface area contributed by atoms with Crippen molar-refractivity contribution in [3.63, 3.8) is 0 Å². The van der Waals surface area contributed by atoms with Crippen LogP contribution in [-0.2, 0) is 10.0 Å². The molecule has 2 N–H and O–H groups in total. The number of sulfonamides is 1. The Morgan fingerprint density at radius 2 is 2.00 bits per heavy atom. The maximum absolute atomic E-state index is 12.1. The molecule has 0 atom stereocenters. The van der Waals surface area contributed by atoms with Crippen LogP contribution in [0.3, 0.4) is 0 Å². The number of rotatable bonds is 4. The molecule has 1 aromatic rings. The van der Waals surface area contributed by atoms with Crippen LogP contribution >= 0.6 is 15.9 Å². The van der Waals surface area contributed by atoms with Gasteiger partial charge in [0.1, 0.15) is 0 Å². The number of halogens is 1. The Kier molecular flexibility index (Phi) is 5.11. The van der Waals surface area contributed by atoms with Gasteiger partial charge in [0.25, 0.3) is 5.91 Å². The van der Waals surface area contributed by atoms with Crippen molar-refractivity contribution in [1.82, 2.24) is 4.90 Å². The second kappa shape index (κ2) is 6.02. The van der Waals surface area contributed by atoms with E-state index in [9.17, 15) is 13.2 Å². The van der Waals surface area contributed by atoms with Gasteiger partial charge in [-0.2, -0.15) is 0 Å². The first kappa shape index (κ1) is 16.1. The van der Waals surface area contributed by atoms with Gasteiger partial charge in [0, 0.05) is 23.6 Å². The van der Waals surface area contributed by atoms with Gasteiger partial charge in [-0.25, -0.2) is 13.6 Å². The lowest BCUT2D eigenvalue weighted by atomic mass is 10.1. The first-order chi connectivity index (χ1) is 8.62. The lowest BCUT2D eigenvalue weighted by molar-refractivity contribution is 0.0779. The lowest BCUT2D eigenvalue weighted by Gasteiger charge is -2.19. The number of hydrogen-bond donors (Lipinski definition) is 1. The standard InChI is InChI=1S/C12H17BrN2O3S/c1-8(2)7-15(3)12(16)9-4-5-10(13)11(6-9)19(14,17)18/h4-6,8H,7H2,1-3H3,(H2,14,17,18). The second-order valence-electron chi connectivity index (χ2n) is 4.77. The van der Waals surface area contributed by atoms with Gasteiger partial charge >= 0.3 is 0 Å². The minimum Gasteiger partial charge on any atom is -0.341 e. The fourth-order valence-electron chi connectivity index (χ4n) is 1.71. The van der Waals surface area contributed by atoms with Crippen LogP contribution in [0.5, 0.6) is 0 Å². The van der Waals surface area contributed by atoms with Gasteiger partial charge < -0.3 is 4.90 Å². The van der Waals surface area contributed by atoms with Crippen molar-refractivity contribution < 1.29 is 13.2 Å². The minimum atomic E-state index is -3.86. The van der Waals surface area contributed by atoms with Crippen molar-refractivity contribution >= 4 is 31.9 Å². The van der Waals surface area contributed by atoms with Crippen molar-refractivity contribution in [1.29, 1.82) is 0 Å². The third kappa shape index (κ3) is 4.29. The molecule has 0 aliphatic carbocycles. The fraction of sp³-hybridized carbons (Fsp3) is 0.417. The largest absolute Gasteiger partial charge is 0.341 e. The molecule has 0 saturated carbocycles. The van der Waals surface area contributed by atoms with E-state index in [4.69, 9.17) is 5.14 Å². The Morgan fingerprint density at radius 3 is 2.47 bits per heavy atom. The third-order valence-electron chi connectivity index (χ3n) is 2.47. The van der Waals surface area contributed by atoms with Gasteiger partial charge in [0.05, 0.1) is 4.90 Å². The number of carbonyl (C=O) groups is 1. The molecule has 1 amide bonds. The van der Waals surface area contributed by atoms with Crippen LogP contribution in [0.2, 0.25) is 0 Å². The summed E-state index contributed by atoms with van der Waals surface area (Å²) in [6.07, 6.45) is 0. The van der Waals surface area contributed by atoms with E-state index in [-0.39, 0.29) is 10.8 Å². The average Bonchev–Trinajstić information content (AvgIpc) is 2.26. The Labute approximate surface area is 122 Å². The predicted molar refractivity (Wildman–Crippen MR) is 77.3 cm³/mol. The molecule has 0 aliphatic rings. The summed E-state index contributed by atoms with van der Waals surface area (Å²) >= 11 is 3.11. The number of nitrogens with zero attached hydrogens (tertiary/aromatic N) is 1. The number of amides is 1. The summed E-state index contributed by atoms with van der Waals surface area (Å²) in [5.41, 5.74) is 0.301. The third-order valence-corrected chi connectivity index (χ3v) is 4.38. The molecule has 106 valence electrons. The van der Waals surface area contributed by atoms with Gasteiger partial charge in [-0.05, 0) is 40.0 Å². The molecule has 0 fully saturated rings. The van der Waals surface area contributed by atoms with Crippen LogP contribution < -0.4 is 5.14 Å². The summed E-state index contributed by atoms with van der Waals surface area (Å²) in [5, 5.41) is 5.10. The monoisotopic (exact) mass is 348 g/mol. The summed E-state index contributed by atoms with van der Waals surface area (Å²) in [6, 6.07) is 4.37. The summed E-state index contributed by atoms with van der Waals surface area (Å²) < 4.78 is 23.1. The van der Waals surface area contributed by atoms with E-state index in [1.807, 2.05) is 13.8 Å². The summed E-state index contributed by atoms with van der Waals surface area (Å²) in [6.45, 7) is 4.60. The minimum absolute atomic E-state index is 0.0868. The molecule has 0 bridgehead atoms. The zero-order chi connectivity index (χ0) is 14.8. The summed E-state index contributed by atoms with van der Waals surface area (Å²) in [5.74, 6) is 0.105. The molecule has 0 saturated heterocycles. The highest BCUT2D eigenvalue weighted by atomic mass is 79.9. The number of hydrogen-bond acceptors (Lipinski definition) is 3. The van der Waals surface area contributed by atoms with Crippen molar-refractivity contribution in [2.45, 2.75) is 18.7 Å². The lowest BCUT2D eigenvalue weighted by Crippen LogP contribution is -2.30. The average molecular weight is 349 g/mol. The Balaban J connectivity index is 3.13. The van der Waals surface area contributed by atoms with E-state index in [2.05, 4.69) is 15.9 Å². The maximum Gasteiger partial charge on any atom is 0.253 e. The molecule has 1 aromatic carbocycles. The van der Waals surface area contributed by atoms with E-state index >= 15 is 0 Å². The van der Waals surface area contributed by atoms with E-state index in [1.54, 1.807) is 18.0 Å². The molecule has 0 aromatic heterocycles. The highest BCUT2D eigenvalue weighted by molar-refractivity contribution is 9.10. The van der Waals surface area contributed by atoms with Crippen LogP contribution in [0, 0.1) is 5.92 Å². The molecular weight excluding hydrogens is 332 g/mol. The van der Waals surface area contributed by atoms with Gasteiger partial charge in [-0.1, -0.05) is 13.8 Å². The quantitative estimate of drug-likeness (QED) is 0.900. The molecule has 0 spiro atoms. The van der Waals surface area contributed by atoms with Crippen molar-refractivity contribution in [3.8, 4) is 0 Å². The van der Waals surface area contributed by atoms with E-state index in [0.29, 0.717) is 22.5 Å². The highest BCUT2D eigenvalue weighted by Gasteiger charge is 2.18. The summed E-state index contributed by atoms with van der Waals surface area (Å²) in [4.78, 5) is 13.6. The fourth-order valence-corrected chi connectivity index (χ4v) is 3.26. The van der Waals surface area contributed by atoms with Gasteiger partial charge in [0.2, 0.25) is 10.0 Å². The second-order valence-corrected chi connectivity index (χ2v) is 7.15. The Hall–Kier alpha value is -0.920. The zero-order valence-electron chi connectivity index (χ0n) is 11.1. The molecule has 1 rings (SSSR count). The SMILES string of the molecule is CC(C)CN(C)C(=O)c1ccc(Br)c(S(N)(=O)=O)c1. The van der Waals surface area contributed by atoms with Crippen LogP contribution in [0.4, 0.5) is 0 Å². The molecule has 5 nitrogen and oxygen atoms in total. The van der Waals surface area contributed by atoms with Crippen LogP contribution in [0.25, 0.3) is 0 Å². The number of primary sulfonamides is 1. The first-order valence-corrected chi connectivity index (χ1v) is 8.04. The smallest absolute Gasteiger partial charge is 0.253 e. The molecule has 0 unspecified atom stereocenters. The molecule has 0 heterocycles. The van der Waals surface area contributed by atoms with E-state index in [1.165, 1.54) is 12.1 Å². The number of benzene rings is 1. The van der Waals surface area contributed by atoms with E-state index < -0.39 is 10.0 Å². The zero-order valence-corrected chi connectivity index (χ0v) is 13.5. The molecule has 19 heavy (non-hydrogen) atoms. The predicted octanol–water partition coefficient (Wildman–Crippen LogP) is 1.82. The number of carbonyl (C=O) groups excluding carboxylic acids is 1. The van der Waals surface area contributed by atoms with Crippen LogP contribution in [0.1, 0.15) is 24.2 Å².